The van der Waals surface area contributed by atoms with Crippen molar-refractivity contribution in [1.82, 2.24) is 0 Å². The lowest BCUT2D eigenvalue weighted by Crippen LogP contribution is -2.59. The zero-order valence-corrected chi connectivity index (χ0v) is 18.3. The van der Waals surface area contributed by atoms with Gasteiger partial charge in [0.2, 0.25) is 11.8 Å². The fourth-order valence-electron chi connectivity index (χ4n) is 6.69. The van der Waals surface area contributed by atoms with Crippen LogP contribution in [0.25, 0.3) is 0 Å². The number of amides is 2. The fraction of sp³-hybridized carbons (Fsp3) is 0.286. The molecule has 3 heteroatoms. The molecule has 3 aromatic carbocycles. The van der Waals surface area contributed by atoms with Gasteiger partial charge in [-0.3, -0.25) is 9.59 Å². The quantitative estimate of drug-likeness (QED) is 0.530. The van der Waals surface area contributed by atoms with E-state index in [0.29, 0.717) is 5.69 Å². The number of hydrogen-bond donors (Lipinski definition) is 0. The van der Waals surface area contributed by atoms with Gasteiger partial charge in [0, 0.05) is 10.8 Å². The van der Waals surface area contributed by atoms with Gasteiger partial charge in [-0.2, -0.15) is 0 Å². The van der Waals surface area contributed by atoms with Crippen LogP contribution < -0.4 is 4.90 Å². The Bertz CT molecular complexity index is 1180. The maximum Gasteiger partial charge on any atom is 0.238 e. The molecule has 1 aliphatic heterocycles. The van der Waals surface area contributed by atoms with Gasteiger partial charge in [-0.15, -0.1) is 0 Å². The molecule has 1 fully saturated rings. The summed E-state index contributed by atoms with van der Waals surface area (Å²) in [6.45, 7) is 8.39. The minimum absolute atomic E-state index is 0.0732. The number of rotatable bonds is 1. The first-order valence-corrected chi connectivity index (χ1v) is 11.0. The topological polar surface area (TPSA) is 37.4 Å². The number of nitrogens with zero attached hydrogens (tertiary/aromatic N) is 1. The van der Waals surface area contributed by atoms with Crippen LogP contribution in [0.2, 0.25) is 0 Å². The average molecular weight is 408 g/mol. The Morgan fingerprint density at radius 2 is 1.06 bits per heavy atom. The Morgan fingerprint density at radius 3 is 1.45 bits per heavy atom. The Kier molecular flexibility index (Phi) is 3.43. The largest absolute Gasteiger partial charge is 0.274 e. The van der Waals surface area contributed by atoms with Gasteiger partial charge in [0.15, 0.2) is 0 Å². The molecule has 1 heterocycles. The van der Waals surface area contributed by atoms with Crippen molar-refractivity contribution in [1.29, 1.82) is 0 Å². The van der Waals surface area contributed by atoms with E-state index in [1.54, 1.807) is 0 Å². The number of imide groups is 1. The van der Waals surface area contributed by atoms with Crippen LogP contribution in [0.5, 0.6) is 0 Å². The molecule has 2 amide bonds. The highest BCUT2D eigenvalue weighted by molar-refractivity contribution is 6.24. The van der Waals surface area contributed by atoms with Crippen molar-refractivity contribution in [3.63, 3.8) is 0 Å². The summed E-state index contributed by atoms with van der Waals surface area (Å²) in [6.07, 6.45) is 0. The maximum atomic E-state index is 14.0. The third-order valence-corrected chi connectivity index (χ3v) is 8.39. The number of carbonyl (C=O) groups excluding carboxylic acids is 2. The third kappa shape index (κ3) is 1.96. The Labute approximate surface area is 182 Å². The predicted octanol–water partition coefficient (Wildman–Crippen LogP) is 5.05. The molecule has 31 heavy (non-hydrogen) atoms. The molecule has 4 aliphatic rings. The molecule has 0 N–H and O–H groups in total. The van der Waals surface area contributed by atoms with Crippen LogP contribution >= 0.6 is 0 Å². The number of anilines is 1. The van der Waals surface area contributed by atoms with Crippen LogP contribution in [0.1, 0.15) is 47.2 Å². The van der Waals surface area contributed by atoms with Crippen LogP contribution in [-0.4, -0.2) is 11.8 Å². The lowest BCUT2D eigenvalue weighted by atomic mass is 9.42. The summed E-state index contributed by atoms with van der Waals surface area (Å²) in [6, 6.07) is 22.7. The standard InChI is InChI=1S/C28H25NO2/c1-16-13-14-18(15-17(16)2)29-25(30)23-24(26(29)31)28(4)21-11-7-5-9-19(21)27(23,3)20-10-6-8-12-22(20)28/h5-15,23-24H,1-4H3/t23-,24-,27?,28?/m0/s1. The minimum atomic E-state index is -0.531. The monoisotopic (exact) mass is 407 g/mol. The van der Waals surface area contributed by atoms with E-state index in [4.69, 9.17) is 0 Å². The van der Waals surface area contributed by atoms with E-state index in [2.05, 4.69) is 38.1 Å². The van der Waals surface area contributed by atoms with Crippen molar-refractivity contribution in [2.45, 2.75) is 38.5 Å². The normalized spacial score (nSPS) is 30.3. The molecule has 0 spiro atoms. The zero-order valence-electron chi connectivity index (χ0n) is 18.3. The lowest BCUT2D eigenvalue weighted by molar-refractivity contribution is -0.124. The van der Waals surface area contributed by atoms with E-state index < -0.39 is 22.7 Å². The zero-order chi connectivity index (χ0) is 21.7. The second-order valence-electron chi connectivity index (χ2n) is 9.73. The minimum Gasteiger partial charge on any atom is -0.274 e. The molecular formula is C28H25NO2. The first-order chi connectivity index (χ1) is 14.8. The number of aryl methyl sites for hydroxylation is 2. The van der Waals surface area contributed by atoms with Crippen LogP contribution in [0.3, 0.4) is 0 Å². The predicted molar refractivity (Wildman–Crippen MR) is 121 cm³/mol. The summed E-state index contributed by atoms with van der Waals surface area (Å²) >= 11 is 0. The molecule has 3 nitrogen and oxygen atoms in total. The van der Waals surface area contributed by atoms with E-state index in [1.165, 1.54) is 27.2 Å². The first-order valence-electron chi connectivity index (χ1n) is 11.0. The van der Waals surface area contributed by atoms with E-state index in [-0.39, 0.29) is 11.8 Å². The smallest absolute Gasteiger partial charge is 0.238 e. The van der Waals surface area contributed by atoms with Gasteiger partial charge in [0.25, 0.3) is 0 Å². The molecule has 154 valence electrons. The molecule has 0 saturated carbocycles. The van der Waals surface area contributed by atoms with Crippen molar-refractivity contribution in [3.05, 3.63) is 100 Å². The van der Waals surface area contributed by atoms with Crippen molar-refractivity contribution in [2.24, 2.45) is 11.8 Å². The Morgan fingerprint density at radius 1 is 0.645 bits per heavy atom. The molecule has 7 rings (SSSR count). The van der Waals surface area contributed by atoms with Gasteiger partial charge in [-0.25, -0.2) is 4.90 Å². The van der Waals surface area contributed by atoms with Crippen LogP contribution in [0, 0.1) is 25.7 Å². The second-order valence-corrected chi connectivity index (χ2v) is 9.73. The van der Waals surface area contributed by atoms with Gasteiger partial charge >= 0.3 is 0 Å². The summed E-state index contributed by atoms with van der Waals surface area (Å²) in [5.41, 5.74) is 6.58. The van der Waals surface area contributed by atoms with Crippen LogP contribution in [-0.2, 0) is 20.4 Å². The number of benzene rings is 3. The molecule has 0 unspecified atom stereocenters. The van der Waals surface area contributed by atoms with Crippen molar-refractivity contribution in [3.8, 4) is 0 Å². The number of hydrogen-bond acceptors (Lipinski definition) is 2. The highest BCUT2D eigenvalue weighted by atomic mass is 16.2. The molecule has 1 saturated heterocycles. The molecule has 3 aliphatic carbocycles. The molecule has 0 radical (unpaired) electrons. The second kappa shape index (κ2) is 5.73. The summed E-state index contributed by atoms with van der Waals surface area (Å²) in [7, 11) is 0. The third-order valence-electron chi connectivity index (χ3n) is 8.39. The highest BCUT2D eigenvalue weighted by Crippen LogP contribution is 2.66. The first kappa shape index (κ1) is 18.6. The molecule has 0 aromatic heterocycles. The van der Waals surface area contributed by atoms with E-state index in [0.717, 1.165) is 11.1 Å². The summed E-state index contributed by atoms with van der Waals surface area (Å²) in [4.78, 5) is 29.5. The van der Waals surface area contributed by atoms with Gasteiger partial charge in [0.05, 0.1) is 17.5 Å². The van der Waals surface area contributed by atoms with Gasteiger partial charge in [0.1, 0.15) is 0 Å². The molecule has 2 bridgehead atoms. The molecular weight excluding hydrogens is 382 g/mol. The fourth-order valence-corrected chi connectivity index (χ4v) is 6.69. The Hall–Kier alpha value is -3.20. The van der Waals surface area contributed by atoms with Gasteiger partial charge in [-0.1, -0.05) is 68.4 Å². The van der Waals surface area contributed by atoms with Crippen LogP contribution in [0.4, 0.5) is 5.69 Å². The van der Waals surface area contributed by atoms with E-state index in [9.17, 15) is 9.59 Å². The van der Waals surface area contributed by atoms with Crippen LogP contribution in [0.15, 0.2) is 66.7 Å². The van der Waals surface area contributed by atoms with E-state index >= 15 is 0 Å². The Balaban J connectivity index is 1.65. The maximum absolute atomic E-state index is 14.0. The van der Waals surface area contributed by atoms with E-state index in [1.807, 2.05) is 56.3 Å². The highest BCUT2D eigenvalue weighted by Gasteiger charge is 2.70. The van der Waals surface area contributed by atoms with Crippen molar-refractivity contribution >= 4 is 17.5 Å². The summed E-state index contributed by atoms with van der Waals surface area (Å²) in [5.74, 6) is -0.959. The van der Waals surface area contributed by atoms with Crippen molar-refractivity contribution in [2.75, 3.05) is 4.90 Å². The van der Waals surface area contributed by atoms with Gasteiger partial charge in [-0.05, 0) is 59.4 Å². The van der Waals surface area contributed by atoms with Crippen molar-refractivity contribution < 1.29 is 9.59 Å². The summed E-state index contributed by atoms with van der Waals surface area (Å²) < 4.78 is 0. The number of carbonyl (C=O) groups is 2. The molecule has 3 aromatic rings. The SMILES string of the molecule is Cc1ccc(N2C(=O)[C@@H]3[C@@H](C2=O)C2(C)c4ccccc4C3(C)c3ccccc32)cc1C. The average Bonchev–Trinajstić information content (AvgIpc) is 3.05. The molecule has 2 atom stereocenters. The lowest BCUT2D eigenvalue weighted by Gasteiger charge is -2.57. The summed E-state index contributed by atoms with van der Waals surface area (Å²) in [5, 5.41) is 0. The van der Waals surface area contributed by atoms with Gasteiger partial charge < -0.3 is 0 Å².